The topological polar surface area (TPSA) is 67.4 Å². The second kappa shape index (κ2) is 8.59. The highest BCUT2D eigenvalue weighted by Gasteiger charge is 2.74. The third kappa shape index (κ3) is 4.57. The van der Waals surface area contributed by atoms with Gasteiger partial charge in [-0.3, -0.25) is 10.1 Å². The Labute approximate surface area is 173 Å². The lowest BCUT2D eigenvalue weighted by atomic mass is 9.92. The van der Waals surface area contributed by atoms with E-state index in [9.17, 15) is 49.1 Å². The Morgan fingerprint density at radius 2 is 1.41 bits per heavy atom. The molecule has 0 aromatic heterocycles. The van der Waals surface area contributed by atoms with Gasteiger partial charge in [-0.05, 0) is 30.3 Å². The van der Waals surface area contributed by atoms with Gasteiger partial charge in [0, 0.05) is 11.3 Å². The van der Waals surface area contributed by atoms with Crippen LogP contribution < -0.4 is 15.4 Å². The van der Waals surface area contributed by atoms with E-state index < -0.39 is 64.2 Å². The Morgan fingerprint density at radius 3 is 1.88 bits per heavy atom. The van der Waals surface area contributed by atoms with Crippen LogP contribution in [0, 0.1) is 11.6 Å². The lowest BCUT2D eigenvalue weighted by Crippen LogP contribution is -2.51. The highest BCUT2D eigenvalue weighted by molar-refractivity contribution is 6.08. The van der Waals surface area contributed by atoms with Crippen LogP contribution in [-0.2, 0) is 5.67 Å². The molecule has 0 heterocycles. The van der Waals surface area contributed by atoms with Gasteiger partial charge in [-0.25, -0.2) is 18.0 Å². The summed E-state index contributed by atoms with van der Waals surface area (Å²) < 4.78 is 125. The molecule has 0 aliphatic heterocycles. The standard InChI is InChI=1S/C18H11F9N2O3/c1-32-8-5-6-12(9(7-8)16(21,17(22,23)24)18(25,26)27)28-15(31)29-14(30)13-10(19)3-2-4-11(13)20/h2-7H,1H3,(H2,28,29,30,31). The summed E-state index contributed by atoms with van der Waals surface area (Å²) in [5.41, 5.74) is -10.6. The molecule has 0 aliphatic carbocycles. The van der Waals surface area contributed by atoms with Gasteiger partial charge in [0.25, 0.3) is 5.91 Å². The van der Waals surface area contributed by atoms with Crippen LogP contribution in [0.25, 0.3) is 0 Å². The van der Waals surface area contributed by atoms with Crippen molar-refractivity contribution in [3.63, 3.8) is 0 Å². The number of hydrogen-bond acceptors (Lipinski definition) is 3. The van der Waals surface area contributed by atoms with Gasteiger partial charge in [0.05, 0.1) is 7.11 Å². The normalized spacial score (nSPS) is 12.3. The van der Waals surface area contributed by atoms with Gasteiger partial charge in [-0.15, -0.1) is 0 Å². The first-order valence-corrected chi connectivity index (χ1v) is 8.20. The van der Waals surface area contributed by atoms with Gasteiger partial charge in [0.2, 0.25) is 0 Å². The molecule has 0 saturated carbocycles. The molecule has 2 aromatic carbocycles. The number of imide groups is 1. The average molecular weight is 474 g/mol. The van der Waals surface area contributed by atoms with E-state index in [0.29, 0.717) is 18.2 Å². The minimum atomic E-state index is -6.52. The Balaban J connectivity index is 2.47. The first-order valence-electron chi connectivity index (χ1n) is 8.20. The fraction of sp³-hybridized carbons (Fsp3) is 0.222. The predicted molar refractivity (Wildman–Crippen MR) is 90.7 cm³/mol. The summed E-state index contributed by atoms with van der Waals surface area (Å²) in [6, 6.07) is 1.70. The lowest BCUT2D eigenvalue weighted by molar-refractivity contribution is -0.348. The van der Waals surface area contributed by atoms with Crippen molar-refractivity contribution < 1.29 is 53.8 Å². The van der Waals surface area contributed by atoms with Crippen LogP contribution in [-0.4, -0.2) is 31.4 Å². The van der Waals surface area contributed by atoms with Crippen LogP contribution >= 0.6 is 0 Å². The van der Waals surface area contributed by atoms with Gasteiger partial charge in [0.1, 0.15) is 22.9 Å². The molecule has 2 N–H and O–H groups in total. The quantitative estimate of drug-likeness (QED) is 0.597. The molecule has 32 heavy (non-hydrogen) atoms. The van der Waals surface area contributed by atoms with Crippen molar-refractivity contribution in [2.75, 3.05) is 12.4 Å². The second-order valence-electron chi connectivity index (χ2n) is 6.07. The largest absolute Gasteiger partial charge is 0.497 e. The zero-order valence-corrected chi connectivity index (χ0v) is 15.6. The second-order valence-corrected chi connectivity index (χ2v) is 6.07. The van der Waals surface area contributed by atoms with Gasteiger partial charge in [0.15, 0.2) is 0 Å². The number of urea groups is 1. The summed E-state index contributed by atoms with van der Waals surface area (Å²) in [6.45, 7) is 0. The first kappa shape index (κ1) is 24.8. The summed E-state index contributed by atoms with van der Waals surface area (Å²) in [7, 11) is 0.877. The highest BCUT2D eigenvalue weighted by Crippen LogP contribution is 2.55. The van der Waals surface area contributed by atoms with Gasteiger partial charge < -0.3 is 10.1 Å². The molecule has 2 aromatic rings. The molecule has 0 unspecified atom stereocenters. The molecule has 174 valence electrons. The number of ether oxygens (including phenoxy) is 1. The lowest BCUT2D eigenvalue weighted by Gasteiger charge is -2.32. The molecule has 14 heteroatoms. The van der Waals surface area contributed by atoms with Crippen molar-refractivity contribution in [2.45, 2.75) is 18.0 Å². The van der Waals surface area contributed by atoms with Gasteiger partial charge in [-0.2, -0.15) is 26.3 Å². The number of hydrogen-bond donors (Lipinski definition) is 2. The van der Waals surface area contributed by atoms with Crippen molar-refractivity contribution in [1.82, 2.24) is 5.32 Å². The molecular formula is C18H11F9N2O3. The molecule has 0 atom stereocenters. The van der Waals surface area contributed by atoms with Crippen LogP contribution in [0.15, 0.2) is 36.4 Å². The van der Waals surface area contributed by atoms with Crippen LogP contribution in [0.5, 0.6) is 5.75 Å². The zero-order valence-electron chi connectivity index (χ0n) is 15.6. The maximum absolute atomic E-state index is 14.6. The third-order valence-corrected chi connectivity index (χ3v) is 4.04. The van der Waals surface area contributed by atoms with E-state index in [0.717, 1.165) is 19.2 Å². The van der Waals surface area contributed by atoms with E-state index in [4.69, 9.17) is 0 Å². The van der Waals surface area contributed by atoms with Crippen molar-refractivity contribution in [2.24, 2.45) is 0 Å². The van der Waals surface area contributed by atoms with Crippen LogP contribution in [0.1, 0.15) is 15.9 Å². The molecule has 0 spiro atoms. The van der Waals surface area contributed by atoms with Crippen molar-refractivity contribution in [1.29, 1.82) is 0 Å². The molecular weight excluding hydrogens is 463 g/mol. The van der Waals surface area contributed by atoms with Gasteiger partial charge >= 0.3 is 24.1 Å². The van der Waals surface area contributed by atoms with E-state index in [1.165, 1.54) is 10.6 Å². The number of rotatable bonds is 4. The van der Waals surface area contributed by atoms with E-state index in [-0.39, 0.29) is 6.07 Å². The molecule has 0 aliphatic rings. The minimum Gasteiger partial charge on any atom is -0.497 e. The fourth-order valence-electron chi connectivity index (χ4n) is 2.54. The van der Waals surface area contributed by atoms with Crippen molar-refractivity contribution in [3.05, 3.63) is 59.2 Å². The average Bonchev–Trinajstić information content (AvgIpc) is 2.65. The number of carbonyl (C=O) groups is 2. The SMILES string of the molecule is COc1ccc(NC(=O)NC(=O)c2c(F)cccc2F)c(C(F)(C(F)(F)F)C(F)(F)F)c1. The zero-order chi connectivity index (χ0) is 24.5. The van der Waals surface area contributed by atoms with Crippen LogP contribution in [0.4, 0.5) is 50.0 Å². The summed E-state index contributed by atoms with van der Waals surface area (Å²) >= 11 is 0. The number of anilines is 1. The molecule has 0 bridgehead atoms. The number of methoxy groups -OCH3 is 1. The van der Waals surface area contributed by atoms with E-state index in [2.05, 4.69) is 4.74 Å². The highest BCUT2D eigenvalue weighted by atomic mass is 19.4. The van der Waals surface area contributed by atoms with Crippen molar-refractivity contribution >= 4 is 17.6 Å². The number of carbonyl (C=O) groups excluding carboxylic acids is 2. The van der Waals surface area contributed by atoms with Crippen LogP contribution in [0.2, 0.25) is 0 Å². The number of alkyl halides is 7. The third-order valence-electron chi connectivity index (χ3n) is 4.04. The Kier molecular flexibility index (Phi) is 6.66. The maximum atomic E-state index is 14.6. The van der Waals surface area contributed by atoms with Gasteiger partial charge in [-0.1, -0.05) is 6.07 Å². The Hall–Kier alpha value is -3.45. The molecule has 0 radical (unpaired) electrons. The smallest absolute Gasteiger partial charge is 0.436 e. The van der Waals surface area contributed by atoms with Crippen molar-refractivity contribution in [3.8, 4) is 5.75 Å². The number of nitrogens with one attached hydrogen (secondary N) is 2. The number of amides is 3. The maximum Gasteiger partial charge on any atom is 0.436 e. The van der Waals surface area contributed by atoms with E-state index in [1.54, 1.807) is 0 Å². The fourth-order valence-corrected chi connectivity index (χ4v) is 2.54. The number of halogens is 9. The molecule has 2 rings (SSSR count). The molecule has 3 amide bonds. The summed E-state index contributed by atoms with van der Waals surface area (Å²) in [5, 5.41) is 2.77. The molecule has 0 fully saturated rings. The van der Waals surface area contributed by atoms with E-state index >= 15 is 0 Å². The first-order chi connectivity index (χ1) is 14.6. The minimum absolute atomic E-state index is 0.0505. The molecule has 0 saturated heterocycles. The predicted octanol–water partition coefficient (Wildman–Crippen LogP) is 5.22. The molecule has 5 nitrogen and oxygen atoms in total. The summed E-state index contributed by atoms with van der Waals surface area (Å²) in [4.78, 5) is 23.8. The summed E-state index contributed by atoms with van der Waals surface area (Å²) in [6.07, 6.45) is -13.0. The monoisotopic (exact) mass is 474 g/mol. The summed E-state index contributed by atoms with van der Waals surface area (Å²) in [5.74, 6) is -5.13. The number of benzene rings is 2. The Bertz CT molecular complexity index is 1000. The van der Waals surface area contributed by atoms with E-state index in [1.807, 2.05) is 0 Å². The van der Waals surface area contributed by atoms with Crippen LogP contribution in [0.3, 0.4) is 0 Å². The Morgan fingerprint density at radius 1 is 0.875 bits per heavy atom.